The lowest BCUT2D eigenvalue weighted by Gasteiger charge is -2.35. The van der Waals surface area contributed by atoms with Gasteiger partial charge in [-0.3, -0.25) is 0 Å². The second-order valence-electron chi connectivity index (χ2n) is 2.74. The zero-order chi connectivity index (χ0) is 6.74. The van der Waals surface area contributed by atoms with Crippen molar-refractivity contribution in [2.45, 2.75) is 37.7 Å². The highest BCUT2D eigenvalue weighted by Gasteiger charge is 2.33. The average Bonchev–Trinajstić information content (AvgIpc) is 1.79. The lowest BCUT2D eigenvalue weighted by Crippen LogP contribution is -2.36. The molecule has 1 saturated carbocycles. The van der Waals surface area contributed by atoms with Crippen molar-refractivity contribution < 1.29 is 5.11 Å². The maximum Gasteiger partial charge on any atom is 0.0657 e. The van der Waals surface area contributed by atoms with E-state index in [1.807, 2.05) is 6.07 Å². The largest absolute Gasteiger partial charge is 0.390 e. The van der Waals surface area contributed by atoms with Crippen LogP contribution in [0.3, 0.4) is 0 Å². The van der Waals surface area contributed by atoms with Gasteiger partial charge in [-0.25, -0.2) is 0 Å². The lowest BCUT2D eigenvalue weighted by molar-refractivity contribution is -0.0389. The fourth-order valence-electron chi connectivity index (χ4n) is 1.12. The molecule has 1 rings (SSSR count). The third-order valence-electron chi connectivity index (χ3n) is 1.99. The van der Waals surface area contributed by atoms with Crippen LogP contribution in [0.2, 0.25) is 0 Å². The first kappa shape index (κ1) is 6.57. The van der Waals surface area contributed by atoms with E-state index in [2.05, 4.69) is 0 Å². The molecular weight excluding hydrogens is 114 g/mol. The standard InChI is InChI=1S/C7H11NO/c8-6-2-5-7(9)3-1-4-7/h9H,1-5H2. The van der Waals surface area contributed by atoms with Crippen molar-refractivity contribution in [3.63, 3.8) is 0 Å². The van der Waals surface area contributed by atoms with Gasteiger partial charge in [0.15, 0.2) is 0 Å². The Hall–Kier alpha value is -0.550. The zero-order valence-corrected chi connectivity index (χ0v) is 5.43. The second kappa shape index (κ2) is 2.36. The van der Waals surface area contributed by atoms with E-state index < -0.39 is 5.60 Å². The van der Waals surface area contributed by atoms with Crippen LogP contribution in [0, 0.1) is 11.3 Å². The normalized spacial score (nSPS) is 22.2. The van der Waals surface area contributed by atoms with Crippen molar-refractivity contribution in [2.24, 2.45) is 0 Å². The zero-order valence-electron chi connectivity index (χ0n) is 5.43. The van der Waals surface area contributed by atoms with Crippen molar-refractivity contribution in [3.05, 3.63) is 0 Å². The molecular formula is C7H11NO. The molecule has 1 fully saturated rings. The summed E-state index contributed by atoms with van der Waals surface area (Å²) in [6.45, 7) is 0. The summed E-state index contributed by atoms with van der Waals surface area (Å²) in [5, 5.41) is 17.6. The Morgan fingerprint density at radius 3 is 2.56 bits per heavy atom. The summed E-state index contributed by atoms with van der Waals surface area (Å²) in [4.78, 5) is 0. The second-order valence-corrected chi connectivity index (χ2v) is 2.74. The van der Waals surface area contributed by atoms with Crippen molar-refractivity contribution in [3.8, 4) is 6.07 Å². The number of nitriles is 1. The van der Waals surface area contributed by atoms with E-state index in [0.717, 1.165) is 19.3 Å². The molecule has 0 unspecified atom stereocenters. The Kier molecular flexibility index (Phi) is 1.73. The van der Waals surface area contributed by atoms with Gasteiger partial charge in [-0.1, -0.05) is 0 Å². The third-order valence-corrected chi connectivity index (χ3v) is 1.99. The molecule has 0 saturated heterocycles. The highest BCUT2D eigenvalue weighted by Crippen LogP contribution is 2.35. The summed E-state index contributed by atoms with van der Waals surface area (Å²) in [6.07, 6.45) is 4.09. The maximum atomic E-state index is 9.39. The van der Waals surface area contributed by atoms with Gasteiger partial charge in [0.05, 0.1) is 11.7 Å². The van der Waals surface area contributed by atoms with Gasteiger partial charge in [0.25, 0.3) is 0 Å². The Morgan fingerprint density at radius 1 is 1.56 bits per heavy atom. The highest BCUT2D eigenvalue weighted by molar-refractivity contribution is 4.90. The average molecular weight is 125 g/mol. The van der Waals surface area contributed by atoms with Crippen LogP contribution in [-0.2, 0) is 0 Å². The Bertz CT molecular complexity index is 132. The van der Waals surface area contributed by atoms with E-state index in [1.165, 1.54) is 0 Å². The van der Waals surface area contributed by atoms with Crippen LogP contribution in [0.1, 0.15) is 32.1 Å². The summed E-state index contributed by atoms with van der Waals surface area (Å²) in [5.41, 5.74) is -0.449. The van der Waals surface area contributed by atoms with E-state index in [1.54, 1.807) is 0 Å². The number of aliphatic hydroxyl groups is 1. The van der Waals surface area contributed by atoms with Crippen LogP contribution in [0.5, 0.6) is 0 Å². The molecule has 0 aliphatic heterocycles. The molecule has 2 heteroatoms. The molecule has 0 atom stereocenters. The number of hydrogen-bond donors (Lipinski definition) is 1. The van der Waals surface area contributed by atoms with E-state index in [4.69, 9.17) is 5.26 Å². The molecule has 0 aromatic rings. The monoisotopic (exact) mass is 125 g/mol. The number of hydrogen-bond acceptors (Lipinski definition) is 2. The molecule has 0 aromatic carbocycles. The molecule has 0 radical (unpaired) electrons. The van der Waals surface area contributed by atoms with Gasteiger partial charge in [0.1, 0.15) is 0 Å². The first-order valence-corrected chi connectivity index (χ1v) is 3.36. The molecule has 0 amide bonds. The van der Waals surface area contributed by atoms with Gasteiger partial charge < -0.3 is 5.11 Å². The Labute approximate surface area is 55.1 Å². The topological polar surface area (TPSA) is 44.0 Å². The Balaban J connectivity index is 2.19. The molecule has 0 bridgehead atoms. The SMILES string of the molecule is N#CCCC1(O)CCC1. The van der Waals surface area contributed by atoms with Crippen LogP contribution in [0.25, 0.3) is 0 Å². The molecule has 1 aliphatic carbocycles. The molecule has 0 spiro atoms. The molecule has 9 heavy (non-hydrogen) atoms. The predicted molar refractivity (Wildman–Crippen MR) is 33.6 cm³/mol. The van der Waals surface area contributed by atoms with Crippen molar-refractivity contribution in [1.29, 1.82) is 5.26 Å². The van der Waals surface area contributed by atoms with E-state index in [-0.39, 0.29) is 0 Å². The highest BCUT2D eigenvalue weighted by atomic mass is 16.3. The smallest absolute Gasteiger partial charge is 0.0657 e. The molecule has 50 valence electrons. The summed E-state index contributed by atoms with van der Waals surface area (Å²) in [5.74, 6) is 0. The van der Waals surface area contributed by atoms with Crippen LogP contribution >= 0.6 is 0 Å². The van der Waals surface area contributed by atoms with E-state index in [9.17, 15) is 5.11 Å². The van der Waals surface area contributed by atoms with Gasteiger partial charge in [0, 0.05) is 6.42 Å². The fourth-order valence-corrected chi connectivity index (χ4v) is 1.12. The van der Waals surface area contributed by atoms with Crippen molar-refractivity contribution in [1.82, 2.24) is 0 Å². The minimum atomic E-state index is -0.449. The first-order chi connectivity index (χ1) is 4.27. The van der Waals surface area contributed by atoms with Gasteiger partial charge in [-0.15, -0.1) is 0 Å². The van der Waals surface area contributed by atoms with Crippen molar-refractivity contribution >= 4 is 0 Å². The van der Waals surface area contributed by atoms with E-state index in [0.29, 0.717) is 12.8 Å². The number of rotatable bonds is 2. The van der Waals surface area contributed by atoms with Crippen LogP contribution < -0.4 is 0 Å². The predicted octanol–water partition coefficient (Wildman–Crippen LogP) is 1.21. The quantitative estimate of drug-likeness (QED) is 0.602. The minimum Gasteiger partial charge on any atom is -0.390 e. The van der Waals surface area contributed by atoms with Gasteiger partial charge >= 0.3 is 0 Å². The fraction of sp³-hybridized carbons (Fsp3) is 0.857. The maximum absolute atomic E-state index is 9.39. The molecule has 2 nitrogen and oxygen atoms in total. The molecule has 0 heterocycles. The summed E-state index contributed by atoms with van der Waals surface area (Å²) < 4.78 is 0. The molecule has 0 aromatic heterocycles. The summed E-state index contributed by atoms with van der Waals surface area (Å²) in [6, 6.07) is 2.03. The van der Waals surface area contributed by atoms with Gasteiger partial charge in [-0.05, 0) is 25.7 Å². The van der Waals surface area contributed by atoms with Crippen LogP contribution in [-0.4, -0.2) is 10.7 Å². The van der Waals surface area contributed by atoms with E-state index >= 15 is 0 Å². The minimum absolute atomic E-state index is 0.449. The first-order valence-electron chi connectivity index (χ1n) is 3.36. The van der Waals surface area contributed by atoms with Gasteiger partial charge in [0.2, 0.25) is 0 Å². The molecule has 1 N–H and O–H groups in total. The Morgan fingerprint density at radius 2 is 2.22 bits per heavy atom. The molecule has 1 aliphatic rings. The van der Waals surface area contributed by atoms with Crippen LogP contribution in [0.4, 0.5) is 0 Å². The number of nitrogens with zero attached hydrogens (tertiary/aromatic N) is 1. The lowest BCUT2D eigenvalue weighted by atomic mass is 9.77. The van der Waals surface area contributed by atoms with Gasteiger partial charge in [-0.2, -0.15) is 5.26 Å². The van der Waals surface area contributed by atoms with Crippen molar-refractivity contribution in [2.75, 3.05) is 0 Å². The summed E-state index contributed by atoms with van der Waals surface area (Å²) in [7, 11) is 0. The van der Waals surface area contributed by atoms with Crippen LogP contribution in [0.15, 0.2) is 0 Å². The third kappa shape index (κ3) is 1.43. The summed E-state index contributed by atoms with van der Waals surface area (Å²) >= 11 is 0.